The van der Waals surface area contributed by atoms with Crippen LogP contribution in [0.25, 0.3) is 0 Å². The zero-order valence-electron chi connectivity index (χ0n) is 10.8. The van der Waals surface area contributed by atoms with E-state index in [0.29, 0.717) is 12.5 Å². The number of benzene rings is 1. The van der Waals surface area contributed by atoms with Gasteiger partial charge < -0.3 is 5.11 Å². The first-order chi connectivity index (χ1) is 8.94. The molecule has 106 valence electrons. The first kappa shape index (κ1) is 14.4. The van der Waals surface area contributed by atoms with Crippen molar-refractivity contribution in [3.8, 4) is 0 Å². The van der Waals surface area contributed by atoms with Crippen molar-refractivity contribution in [3.63, 3.8) is 0 Å². The third-order valence-corrected chi connectivity index (χ3v) is 5.17. The molecule has 0 heterocycles. The fourth-order valence-corrected chi connectivity index (χ4v) is 3.50. The summed E-state index contributed by atoms with van der Waals surface area (Å²) in [6, 6.07) is 2.47. The first-order valence-corrected chi connectivity index (χ1v) is 7.82. The largest absolute Gasteiger partial charge is 0.392 e. The Kier molecular flexibility index (Phi) is 4.23. The maximum absolute atomic E-state index is 13.6. The van der Waals surface area contributed by atoms with Gasteiger partial charge in [-0.15, -0.1) is 0 Å². The van der Waals surface area contributed by atoms with Gasteiger partial charge in [-0.3, -0.25) is 0 Å². The van der Waals surface area contributed by atoms with Crippen LogP contribution in [0.3, 0.4) is 0 Å². The van der Waals surface area contributed by atoms with Crippen molar-refractivity contribution in [2.75, 3.05) is 6.54 Å². The molecular formula is C13H18FNO3S. The fraction of sp³-hybridized carbons (Fsp3) is 0.538. The number of rotatable bonds is 5. The van der Waals surface area contributed by atoms with E-state index in [0.717, 1.165) is 25.3 Å². The smallest absolute Gasteiger partial charge is 0.240 e. The Morgan fingerprint density at radius 2 is 2.11 bits per heavy atom. The molecule has 0 bridgehead atoms. The number of aliphatic hydroxyl groups excluding tert-OH is 1. The molecule has 0 atom stereocenters. The van der Waals surface area contributed by atoms with Crippen LogP contribution in [0, 0.1) is 18.7 Å². The van der Waals surface area contributed by atoms with Gasteiger partial charge in [0.1, 0.15) is 5.82 Å². The molecule has 1 aliphatic rings. The number of sulfonamides is 1. The molecule has 1 fully saturated rings. The van der Waals surface area contributed by atoms with E-state index in [1.54, 1.807) is 0 Å². The molecule has 2 N–H and O–H groups in total. The topological polar surface area (TPSA) is 66.4 Å². The lowest BCUT2D eigenvalue weighted by Crippen LogP contribution is -2.32. The molecule has 1 aromatic rings. The molecule has 0 aliphatic heterocycles. The van der Waals surface area contributed by atoms with Gasteiger partial charge in [-0.2, -0.15) is 0 Å². The summed E-state index contributed by atoms with van der Waals surface area (Å²) in [5.74, 6) is -0.225. The third kappa shape index (κ3) is 3.13. The predicted molar refractivity (Wildman–Crippen MR) is 69.6 cm³/mol. The van der Waals surface area contributed by atoms with E-state index < -0.39 is 15.8 Å². The molecule has 0 unspecified atom stereocenters. The van der Waals surface area contributed by atoms with Crippen LogP contribution in [0.15, 0.2) is 17.0 Å². The highest BCUT2D eigenvalue weighted by molar-refractivity contribution is 7.89. The molecule has 1 aliphatic carbocycles. The summed E-state index contributed by atoms with van der Waals surface area (Å²) in [5.41, 5.74) is 0.338. The Balaban J connectivity index is 2.25. The van der Waals surface area contributed by atoms with Gasteiger partial charge >= 0.3 is 0 Å². The summed E-state index contributed by atoms with van der Waals surface area (Å²) in [5, 5.41) is 9.03. The Morgan fingerprint density at radius 1 is 1.42 bits per heavy atom. The molecule has 0 amide bonds. The van der Waals surface area contributed by atoms with Gasteiger partial charge in [0, 0.05) is 12.1 Å². The molecule has 1 aromatic carbocycles. The maximum Gasteiger partial charge on any atom is 0.240 e. The summed E-state index contributed by atoms with van der Waals surface area (Å²) in [4.78, 5) is -0.0872. The highest BCUT2D eigenvalue weighted by Gasteiger charge is 2.23. The van der Waals surface area contributed by atoms with Crippen LogP contribution in [-0.4, -0.2) is 20.1 Å². The number of aliphatic hydroxyl groups is 1. The lowest BCUT2D eigenvalue weighted by atomic mass is 9.86. The van der Waals surface area contributed by atoms with E-state index in [9.17, 15) is 12.8 Å². The van der Waals surface area contributed by atoms with Crippen molar-refractivity contribution < 1.29 is 17.9 Å². The molecule has 1 saturated carbocycles. The summed E-state index contributed by atoms with van der Waals surface area (Å²) < 4.78 is 40.5. The van der Waals surface area contributed by atoms with E-state index in [4.69, 9.17) is 5.11 Å². The third-order valence-electron chi connectivity index (χ3n) is 3.62. The second kappa shape index (κ2) is 5.56. The summed E-state index contributed by atoms with van der Waals surface area (Å²) >= 11 is 0. The average molecular weight is 287 g/mol. The molecular weight excluding hydrogens is 269 g/mol. The Hall–Kier alpha value is -0.980. The quantitative estimate of drug-likeness (QED) is 0.866. The van der Waals surface area contributed by atoms with Gasteiger partial charge in [0.05, 0.1) is 11.5 Å². The van der Waals surface area contributed by atoms with Gasteiger partial charge in [-0.1, -0.05) is 6.42 Å². The monoisotopic (exact) mass is 287 g/mol. The Bertz CT molecular complexity index is 567. The van der Waals surface area contributed by atoms with Crippen LogP contribution in [0.5, 0.6) is 0 Å². The zero-order valence-corrected chi connectivity index (χ0v) is 11.6. The number of halogens is 1. The molecule has 0 aromatic heterocycles. The number of hydrogen-bond acceptors (Lipinski definition) is 3. The second-order valence-electron chi connectivity index (χ2n) is 5.01. The zero-order chi connectivity index (χ0) is 14.0. The minimum Gasteiger partial charge on any atom is -0.392 e. The van der Waals surface area contributed by atoms with Crippen molar-refractivity contribution in [3.05, 3.63) is 29.1 Å². The Labute approximate surface area is 112 Å². The van der Waals surface area contributed by atoms with Gasteiger partial charge in [0.25, 0.3) is 0 Å². The molecule has 6 heteroatoms. The van der Waals surface area contributed by atoms with Crippen LogP contribution in [0.2, 0.25) is 0 Å². The van der Waals surface area contributed by atoms with Crippen LogP contribution in [0.1, 0.15) is 30.4 Å². The molecule has 2 rings (SSSR count). The van der Waals surface area contributed by atoms with E-state index in [2.05, 4.69) is 4.72 Å². The second-order valence-corrected chi connectivity index (χ2v) is 6.74. The van der Waals surface area contributed by atoms with Crippen molar-refractivity contribution in [2.45, 2.75) is 37.7 Å². The van der Waals surface area contributed by atoms with E-state index >= 15 is 0 Å². The van der Waals surface area contributed by atoms with E-state index in [1.165, 1.54) is 13.0 Å². The fourth-order valence-electron chi connectivity index (χ4n) is 2.08. The lowest BCUT2D eigenvalue weighted by molar-refractivity contribution is 0.281. The average Bonchev–Trinajstić information content (AvgIpc) is 2.30. The number of hydrogen-bond donors (Lipinski definition) is 2. The number of nitrogens with one attached hydrogen (secondary N) is 1. The van der Waals surface area contributed by atoms with Crippen LogP contribution in [0.4, 0.5) is 4.39 Å². The van der Waals surface area contributed by atoms with Crippen molar-refractivity contribution in [1.82, 2.24) is 4.72 Å². The highest BCUT2D eigenvalue weighted by Crippen LogP contribution is 2.26. The first-order valence-electron chi connectivity index (χ1n) is 6.33. The van der Waals surface area contributed by atoms with Gasteiger partial charge in [0.15, 0.2) is 0 Å². The highest BCUT2D eigenvalue weighted by atomic mass is 32.2. The Morgan fingerprint density at radius 3 is 2.63 bits per heavy atom. The minimum absolute atomic E-state index is 0.0818. The van der Waals surface area contributed by atoms with Crippen LogP contribution < -0.4 is 4.72 Å². The van der Waals surface area contributed by atoms with E-state index in [1.807, 2.05) is 0 Å². The van der Waals surface area contributed by atoms with E-state index in [-0.39, 0.29) is 22.6 Å². The van der Waals surface area contributed by atoms with Crippen LogP contribution in [-0.2, 0) is 16.6 Å². The SMILES string of the molecule is Cc1c(F)cc(CO)cc1S(=O)(=O)NCC1CCC1. The molecule has 19 heavy (non-hydrogen) atoms. The van der Waals surface area contributed by atoms with Gasteiger partial charge in [-0.25, -0.2) is 17.5 Å². The summed E-state index contributed by atoms with van der Waals surface area (Å²) in [7, 11) is -3.72. The van der Waals surface area contributed by atoms with Crippen molar-refractivity contribution in [1.29, 1.82) is 0 Å². The minimum atomic E-state index is -3.72. The molecule has 0 saturated heterocycles. The molecule has 0 radical (unpaired) electrons. The molecule has 4 nitrogen and oxygen atoms in total. The normalized spacial score (nSPS) is 16.4. The predicted octanol–water partition coefficient (Wildman–Crippen LogP) is 1.70. The maximum atomic E-state index is 13.6. The van der Waals surface area contributed by atoms with Crippen molar-refractivity contribution >= 4 is 10.0 Å². The summed E-state index contributed by atoms with van der Waals surface area (Å²) in [6.45, 7) is 1.43. The van der Waals surface area contributed by atoms with Gasteiger partial charge in [0.2, 0.25) is 10.0 Å². The van der Waals surface area contributed by atoms with Crippen molar-refractivity contribution in [2.24, 2.45) is 5.92 Å². The molecule has 0 spiro atoms. The van der Waals surface area contributed by atoms with Gasteiger partial charge in [-0.05, 0) is 43.4 Å². The standard InChI is InChI=1S/C13H18FNO3S/c1-9-12(14)5-11(8-16)6-13(9)19(17,18)15-7-10-3-2-4-10/h5-6,10,15-16H,2-4,7-8H2,1H3. The summed E-state index contributed by atoms with van der Waals surface area (Å²) in [6.07, 6.45) is 3.21. The van der Waals surface area contributed by atoms with Crippen LogP contribution >= 0.6 is 0 Å². The lowest BCUT2D eigenvalue weighted by Gasteiger charge is -2.25.